The third-order valence-corrected chi connectivity index (χ3v) is 3.98. The molecule has 0 aliphatic heterocycles. The Morgan fingerprint density at radius 1 is 1.10 bits per heavy atom. The summed E-state index contributed by atoms with van der Waals surface area (Å²) in [4.78, 5) is 25.7. The largest absolute Gasteiger partial charge is 0.339 e. The molecule has 0 saturated heterocycles. The zero-order chi connectivity index (χ0) is 16.4. The molecule has 0 heterocycles. The number of hydrogen-bond acceptors (Lipinski definition) is 2. The number of nitrogens with zero attached hydrogens (tertiary/aromatic N) is 1. The average molecular weight is 295 g/mol. The van der Waals surface area contributed by atoms with E-state index in [1.807, 2.05) is 25.7 Å². The van der Waals surface area contributed by atoms with E-state index in [-0.39, 0.29) is 17.7 Å². The lowest BCUT2D eigenvalue weighted by atomic mass is 9.88. The van der Waals surface area contributed by atoms with Gasteiger partial charge in [-0.05, 0) is 33.1 Å². The van der Waals surface area contributed by atoms with Gasteiger partial charge in [-0.2, -0.15) is 0 Å². The summed E-state index contributed by atoms with van der Waals surface area (Å²) in [6.07, 6.45) is 5.05. The number of Topliss-reactive ketones (excluding diaryl/α,β-unsaturated/α-hetero) is 1. The van der Waals surface area contributed by atoms with Crippen LogP contribution in [0.15, 0.2) is 12.2 Å². The molecule has 0 aliphatic carbocycles. The Morgan fingerprint density at radius 2 is 1.71 bits per heavy atom. The van der Waals surface area contributed by atoms with Crippen molar-refractivity contribution in [1.29, 1.82) is 0 Å². The molecule has 3 nitrogen and oxygen atoms in total. The first-order valence-corrected chi connectivity index (χ1v) is 8.33. The van der Waals surface area contributed by atoms with E-state index in [0.29, 0.717) is 11.4 Å². The van der Waals surface area contributed by atoms with Crippen molar-refractivity contribution in [1.82, 2.24) is 4.90 Å². The van der Waals surface area contributed by atoms with Gasteiger partial charge in [0, 0.05) is 30.5 Å². The molecule has 0 bridgehead atoms. The SMILES string of the molecule is C=C(C)C(=O)N(CC)CCCCCC(CC)C(=O)C(C)C. The molecule has 0 aliphatic rings. The first-order valence-electron chi connectivity index (χ1n) is 8.33. The molecule has 0 aromatic heterocycles. The first-order chi connectivity index (χ1) is 9.84. The highest BCUT2D eigenvalue weighted by Crippen LogP contribution is 2.18. The fraction of sp³-hybridized carbons (Fsp3) is 0.778. The highest BCUT2D eigenvalue weighted by Gasteiger charge is 2.18. The minimum absolute atomic E-state index is 0.0546. The van der Waals surface area contributed by atoms with Crippen molar-refractivity contribution in [3.05, 3.63) is 12.2 Å². The van der Waals surface area contributed by atoms with Crippen LogP contribution in [0.4, 0.5) is 0 Å². The van der Waals surface area contributed by atoms with Crippen molar-refractivity contribution in [3.8, 4) is 0 Å². The second-order valence-electron chi connectivity index (χ2n) is 6.18. The van der Waals surface area contributed by atoms with Crippen molar-refractivity contribution in [3.63, 3.8) is 0 Å². The Labute approximate surface area is 130 Å². The smallest absolute Gasteiger partial charge is 0.248 e. The highest BCUT2D eigenvalue weighted by atomic mass is 16.2. The molecule has 1 atom stereocenters. The van der Waals surface area contributed by atoms with Gasteiger partial charge < -0.3 is 4.90 Å². The lowest BCUT2D eigenvalue weighted by Crippen LogP contribution is -2.32. The molecule has 1 unspecified atom stereocenters. The van der Waals surface area contributed by atoms with Crippen LogP contribution < -0.4 is 0 Å². The van der Waals surface area contributed by atoms with Gasteiger partial charge in [0.15, 0.2) is 0 Å². The third kappa shape index (κ3) is 7.45. The van der Waals surface area contributed by atoms with Gasteiger partial charge in [-0.15, -0.1) is 0 Å². The number of hydrogen-bond donors (Lipinski definition) is 0. The van der Waals surface area contributed by atoms with Crippen molar-refractivity contribution in [2.75, 3.05) is 13.1 Å². The summed E-state index contributed by atoms with van der Waals surface area (Å²) >= 11 is 0. The zero-order valence-electron chi connectivity index (χ0n) is 14.6. The Hall–Kier alpha value is -1.12. The van der Waals surface area contributed by atoms with Gasteiger partial charge in [0.2, 0.25) is 5.91 Å². The summed E-state index contributed by atoms with van der Waals surface area (Å²) in [5.41, 5.74) is 0.602. The predicted octanol–water partition coefficient (Wildman–Crippen LogP) is 4.22. The van der Waals surface area contributed by atoms with Crippen LogP contribution >= 0.6 is 0 Å². The summed E-state index contributed by atoms with van der Waals surface area (Å²) < 4.78 is 0. The summed E-state index contributed by atoms with van der Waals surface area (Å²) in [6.45, 7) is 15.0. The summed E-state index contributed by atoms with van der Waals surface area (Å²) in [7, 11) is 0. The second kappa shape index (κ2) is 10.6. The molecular formula is C18H33NO2. The van der Waals surface area contributed by atoms with Crippen molar-refractivity contribution >= 4 is 11.7 Å². The van der Waals surface area contributed by atoms with E-state index < -0.39 is 0 Å². The Bertz CT molecular complexity index is 347. The molecule has 0 fully saturated rings. The van der Waals surface area contributed by atoms with E-state index >= 15 is 0 Å². The number of ketones is 1. The first kappa shape index (κ1) is 19.9. The number of rotatable bonds is 11. The molecular weight excluding hydrogens is 262 g/mol. The van der Waals surface area contributed by atoms with Crippen molar-refractivity contribution < 1.29 is 9.59 Å². The third-order valence-electron chi connectivity index (χ3n) is 3.98. The minimum atomic E-state index is 0.0546. The van der Waals surface area contributed by atoms with Crippen molar-refractivity contribution in [2.45, 2.75) is 66.7 Å². The van der Waals surface area contributed by atoms with Crippen LogP contribution in [-0.4, -0.2) is 29.7 Å². The molecule has 0 aromatic rings. The Morgan fingerprint density at radius 3 is 2.14 bits per heavy atom. The van der Waals surface area contributed by atoms with Gasteiger partial charge >= 0.3 is 0 Å². The predicted molar refractivity (Wildman–Crippen MR) is 89.2 cm³/mol. The maximum absolute atomic E-state index is 12.0. The quantitative estimate of drug-likeness (QED) is 0.423. The molecule has 0 aromatic carbocycles. The van der Waals surface area contributed by atoms with Crippen LogP contribution in [0.1, 0.15) is 66.7 Å². The van der Waals surface area contributed by atoms with E-state index in [9.17, 15) is 9.59 Å². The van der Waals surface area contributed by atoms with Crippen molar-refractivity contribution in [2.24, 2.45) is 11.8 Å². The Kier molecular flexibility index (Phi) is 10.0. The van der Waals surface area contributed by atoms with Crippen LogP contribution in [0.2, 0.25) is 0 Å². The zero-order valence-corrected chi connectivity index (χ0v) is 14.6. The summed E-state index contributed by atoms with van der Waals surface area (Å²) in [6, 6.07) is 0. The maximum Gasteiger partial charge on any atom is 0.248 e. The molecule has 1 amide bonds. The number of amides is 1. The Balaban J connectivity index is 4.01. The lowest BCUT2D eigenvalue weighted by Gasteiger charge is -2.21. The highest BCUT2D eigenvalue weighted by molar-refractivity contribution is 5.92. The van der Waals surface area contributed by atoms with Gasteiger partial charge in [-0.3, -0.25) is 9.59 Å². The second-order valence-corrected chi connectivity index (χ2v) is 6.18. The lowest BCUT2D eigenvalue weighted by molar-refractivity contribution is -0.127. The van der Waals surface area contributed by atoms with Crippen LogP contribution in [0.25, 0.3) is 0 Å². The number of likely N-dealkylation sites (N-methyl/N-ethyl adjacent to an activating group) is 1. The summed E-state index contributed by atoms with van der Waals surface area (Å²) in [5.74, 6) is 0.798. The molecule has 122 valence electrons. The van der Waals surface area contributed by atoms with Crippen LogP contribution in [0, 0.1) is 11.8 Å². The van der Waals surface area contributed by atoms with Gasteiger partial charge in [0.1, 0.15) is 5.78 Å². The molecule has 0 spiro atoms. The molecule has 0 saturated carbocycles. The average Bonchev–Trinajstić information content (AvgIpc) is 2.45. The normalized spacial score (nSPS) is 12.3. The van der Waals surface area contributed by atoms with E-state index in [1.165, 1.54) is 0 Å². The molecule has 21 heavy (non-hydrogen) atoms. The van der Waals surface area contributed by atoms with E-state index in [2.05, 4.69) is 13.5 Å². The number of carbonyl (C=O) groups is 2. The van der Waals surface area contributed by atoms with Gasteiger partial charge in [-0.1, -0.05) is 40.2 Å². The standard InChI is InChI=1S/C18H33NO2/c1-7-16(17(20)14(3)4)12-10-9-11-13-19(8-2)18(21)15(5)6/h14,16H,5,7-13H2,1-4,6H3. The molecule has 0 rings (SSSR count). The topological polar surface area (TPSA) is 37.4 Å². The fourth-order valence-corrected chi connectivity index (χ4v) is 2.56. The van der Waals surface area contributed by atoms with E-state index in [0.717, 1.165) is 45.2 Å². The maximum atomic E-state index is 12.0. The van der Waals surface area contributed by atoms with Gasteiger partial charge in [-0.25, -0.2) is 0 Å². The van der Waals surface area contributed by atoms with E-state index in [1.54, 1.807) is 6.92 Å². The monoisotopic (exact) mass is 295 g/mol. The van der Waals surface area contributed by atoms with E-state index in [4.69, 9.17) is 0 Å². The summed E-state index contributed by atoms with van der Waals surface area (Å²) in [5, 5.41) is 0. The molecule has 0 N–H and O–H groups in total. The van der Waals surface area contributed by atoms with Crippen LogP contribution in [-0.2, 0) is 9.59 Å². The molecule has 0 radical (unpaired) electrons. The number of carbonyl (C=O) groups excluding carboxylic acids is 2. The molecule has 3 heteroatoms. The van der Waals surface area contributed by atoms with Gasteiger partial charge in [0.05, 0.1) is 0 Å². The van der Waals surface area contributed by atoms with Gasteiger partial charge in [0.25, 0.3) is 0 Å². The van der Waals surface area contributed by atoms with Crippen LogP contribution in [0.3, 0.4) is 0 Å². The van der Waals surface area contributed by atoms with Crippen LogP contribution in [0.5, 0.6) is 0 Å². The minimum Gasteiger partial charge on any atom is -0.339 e. The number of unbranched alkanes of at least 4 members (excludes halogenated alkanes) is 2. The fourth-order valence-electron chi connectivity index (χ4n) is 2.56.